The molecule has 1 saturated carbocycles. The van der Waals surface area contributed by atoms with Crippen LogP contribution in [0, 0.1) is 23.5 Å². The van der Waals surface area contributed by atoms with E-state index in [-0.39, 0.29) is 29.3 Å². The summed E-state index contributed by atoms with van der Waals surface area (Å²) in [5.41, 5.74) is 0.0563. The Morgan fingerprint density at radius 1 is 1.16 bits per heavy atom. The van der Waals surface area contributed by atoms with Gasteiger partial charge in [0.25, 0.3) is 0 Å². The van der Waals surface area contributed by atoms with Crippen LogP contribution in [0.15, 0.2) is 41.0 Å². The van der Waals surface area contributed by atoms with Crippen LogP contribution in [0.1, 0.15) is 49.5 Å². The number of likely N-dealkylation sites (tertiary alicyclic amines) is 1. The summed E-state index contributed by atoms with van der Waals surface area (Å²) in [5, 5.41) is 0. The number of hydrogen-bond acceptors (Lipinski definition) is 2. The molecular weight excluding hydrogens is 324 g/mol. The highest BCUT2D eigenvalue weighted by Crippen LogP contribution is 2.51. The fourth-order valence-corrected chi connectivity index (χ4v) is 4.02. The fourth-order valence-electron chi connectivity index (χ4n) is 4.02. The molecule has 1 amide bonds. The quantitative estimate of drug-likeness (QED) is 0.810. The summed E-state index contributed by atoms with van der Waals surface area (Å²) >= 11 is 0. The molecule has 4 unspecified atom stereocenters. The van der Waals surface area contributed by atoms with E-state index in [2.05, 4.69) is 6.92 Å². The Morgan fingerprint density at radius 2 is 1.92 bits per heavy atom. The van der Waals surface area contributed by atoms with E-state index in [0.29, 0.717) is 18.9 Å². The number of benzene rings is 1. The minimum absolute atomic E-state index is 0.0130. The van der Waals surface area contributed by atoms with Crippen molar-refractivity contribution in [2.24, 2.45) is 11.8 Å². The molecule has 1 aromatic carbocycles. The number of amides is 1. The van der Waals surface area contributed by atoms with Crippen molar-refractivity contribution in [2.45, 2.75) is 38.1 Å². The van der Waals surface area contributed by atoms with E-state index in [4.69, 9.17) is 4.42 Å². The maximum atomic E-state index is 14.0. The van der Waals surface area contributed by atoms with E-state index in [9.17, 15) is 13.6 Å². The average molecular weight is 345 g/mol. The smallest absolute Gasteiger partial charge is 0.226 e. The Balaban J connectivity index is 1.55. The molecule has 4 rings (SSSR count). The van der Waals surface area contributed by atoms with Gasteiger partial charge in [-0.15, -0.1) is 0 Å². The van der Waals surface area contributed by atoms with Crippen LogP contribution in [-0.4, -0.2) is 17.4 Å². The van der Waals surface area contributed by atoms with Crippen LogP contribution in [-0.2, 0) is 4.79 Å². The molecule has 132 valence electrons. The first-order chi connectivity index (χ1) is 12.1. The predicted molar refractivity (Wildman–Crippen MR) is 88.8 cm³/mol. The van der Waals surface area contributed by atoms with Crippen LogP contribution in [0.5, 0.6) is 0 Å². The molecule has 2 fully saturated rings. The summed E-state index contributed by atoms with van der Waals surface area (Å²) in [6, 6.07) is 7.50. The summed E-state index contributed by atoms with van der Waals surface area (Å²) in [7, 11) is 0. The largest absolute Gasteiger partial charge is 0.467 e. The molecule has 3 nitrogen and oxygen atoms in total. The second-order valence-corrected chi connectivity index (χ2v) is 7.28. The molecule has 1 aliphatic carbocycles. The SMILES string of the molecule is CC1CCN(C(=O)C2CC2c2c(F)cccc2F)C(c2ccco2)C1. The number of halogens is 2. The molecular formula is C20H21F2NO2. The molecule has 2 aliphatic rings. The Labute approximate surface area is 145 Å². The second kappa shape index (κ2) is 6.28. The Morgan fingerprint density at radius 3 is 2.60 bits per heavy atom. The number of furan rings is 1. The number of piperidine rings is 1. The van der Waals surface area contributed by atoms with Gasteiger partial charge in [-0.1, -0.05) is 13.0 Å². The van der Waals surface area contributed by atoms with E-state index in [1.54, 1.807) is 6.26 Å². The Bertz CT molecular complexity index is 754. The maximum absolute atomic E-state index is 14.0. The summed E-state index contributed by atoms with van der Waals surface area (Å²) in [4.78, 5) is 14.9. The third-order valence-electron chi connectivity index (χ3n) is 5.50. The highest BCUT2D eigenvalue weighted by atomic mass is 19.1. The van der Waals surface area contributed by atoms with Crippen LogP contribution in [0.2, 0.25) is 0 Å². The van der Waals surface area contributed by atoms with Gasteiger partial charge < -0.3 is 9.32 Å². The van der Waals surface area contributed by atoms with Gasteiger partial charge in [-0.25, -0.2) is 8.78 Å². The molecule has 5 heteroatoms. The van der Waals surface area contributed by atoms with Gasteiger partial charge in [-0.2, -0.15) is 0 Å². The van der Waals surface area contributed by atoms with Crippen LogP contribution < -0.4 is 0 Å². The van der Waals surface area contributed by atoms with Gasteiger partial charge in [-0.05, 0) is 49.4 Å². The van der Waals surface area contributed by atoms with Crippen molar-refractivity contribution >= 4 is 5.91 Å². The number of hydrogen-bond donors (Lipinski definition) is 0. The highest BCUT2D eigenvalue weighted by Gasteiger charge is 2.50. The minimum atomic E-state index is -0.560. The van der Waals surface area contributed by atoms with Crippen LogP contribution in [0.25, 0.3) is 0 Å². The van der Waals surface area contributed by atoms with E-state index in [1.165, 1.54) is 18.2 Å². The molecule has 4 atom stereocenters. The molecule has 2 aromatic rings. The molecule has 0 spiro atoms. The molecule has 1 saturated heterocycles. The van der Waals surface area contributed by atoms with Gasteiger partial charge in [0.1, 0.15) is 17.4 Å². The van der Waals surface area contributed by atoms with Crippen LogP contribution in [0.3, 0.4) is 0 Å². The zero-order chi connectivity index (χ0) is 17.6. The lowest BCUT2D eigenvalue weighted by Gasteiger charge is -2.37. The summed E-state index contributed by atoms with van der Waals surface area (Å²) in [6.07, 6.45) is 3.92. The van der Waals surface area contributed by atoms with E-state index >= 15 is 0 Å². The zero-order valence-electron chi connectivity index (χ0n) is 14.1. The number of nitrogens with zero attached hydrogens (tertiary/aromatic N) is 1. The molecule has 25 heavy (non-hydrogen) atoms. The maximum Gasteiger partial charge on any atom is 0.226 e. The van der Waals surface area contributed by atoms with Crippen molar-refractivity contribution in [1.82, 2.24) is 4.90 Å². The Hall–Kier alpha value is -2.17. The number of carbonyl (C=O) groups is 1. The molecule has 2 heterocycles. The van der Waals surface area contributed by atoms with E-state index in [1.807, 2.05) is 17.0 Å². The van der Waals surface area contributed by atoms with Crippen LogP contribution >= 0.6 is 0 Å². The van der Waals surface area contributed by atoms with Crippen molar-refractivity contribution in [3.8, 4) is 0 Å². The summed E-state index contributed by atoms with van der Waals surface area (Å²) < 4.78 is 33.5. The van der Waals surface area contributed by atoms with Crippen molar-refractivity contribution in [2.75, 3.05) is 6.54 Å². The first-order valence-electron chi connectivity index (χ1n) is 8.84. The van der Waals surface area contributed by atoms with E-state index in [0.717, 1.165) is 18.6 Å². The van der Waals surface area contributed by atoms with Crippen molar-refractivity contribution in [1.29, 1.82) is 0 Å². The molecule has 0 radical (unpaired) electrons. The van der Waals surface area contributed by atoms with Gasteiger partial charge in [0, 0.05) is 23.9 Å². The van der Waals surface area contributed by atoms with Gasteiger partial charge in [0.05, 0.1) is 12.3 Å². The first kappa shape index (κ1) is 16.3. The van der Waals surface area contributed by atoms with Crippen LogP contribution in [0.4, 0.5) is 8.78 Å². The molecule has 1 aliphatic heterocycles. The van der Waals surface area contributed by atoms with Gasteiger partial charge >= 0.3 is 0 Å². The highest BCUT2D eigenvalue weighted by molar-refractivity contribution is 5.83. The van der Waals surface area contributed by atoms with Gasteiger partial charge in [0.15, 0.2) is 0 Å². The van der Waals surface area contributed by atoms with E-state index < -0.39 is 11.6 Å². The fraction of sp³-hybridized carbons (Fsp3) is 0.450. The molecule has 0 bridgehead atoms. The van der Waals surface area contributed by atoms with Crippen molar-refractivity contribution in [3.05, 3.63) is 59.6 Å². The standard InChI is InChI=1S/C20H21F2NO2/c1-12-7-8-23(17(10-12)18-6-3-9-25-18)20(24)14-11-13(14)19-15(21)4-2-5-16(19)22/h2-6,9,12-14,17H,7-8,10-11H2,1H3. The predicted octanol–water partition coefficient (Wildman–Crippen LogP) is 4.66. The van der Waals surface area contributed by atoms with Crippen molar-refractivity contribution < 1.29 is 18.0 Å². The topological polar surface area (TPSA) is 33.5 Å². The lowest BCUT2D eigenvalue weighted by atomic mass is 9.90. The lowest BCUT2D eigenvalue weighted by molar-refractivity contribution is -0.137. The zero-order valence-corrected chi connectivity index (χ0v) is 14.1. The molecule has 0 N–H and O–H groups in total. The van der Waals surface area contributed by atoms with Crippen molar-refractivity contribution in [3.63, 3.8) is 0 Å². The monoisotopic (exact) mass is 345 g/mol. The third-order valence-corrected chi connectivity index (χ3v) is 5.50. The second-order valence-electron chi connectivity index (χ2n) is 7.28. The molecule has 1 aromatic heterocycles. The third kappa shape index (κ3) is 2.96. The summed E-state index contributed by atoms with van der Waals surface area (Å²) in [6.45, 7) is 2.83. The van der Waals surface area contributed by atoms with Gasteiger partial charge in [-0.3, -0.25) is 4.79 Å². The lowest BCUT2D eigenvalue weighted by Crippen LogP contribution is -2.41. The average Bonchev–Trinajstić information content (AvgIpc) is 3.16. The minimum Gasteiger partial charge on any atom is -0.467 e. The first-order valence-corrected chi connectivity index (χ1v) is 8.84. The number of rotatable bonds is 3. The normalized spacial score (nSPS) is 28.8. The Kier molecular flexibility index (Phi) is 4.10. The summed E-state index contributed by atoms with van der Waals surface area (Å²) in [5.74, 6) is -0.527. The van der Waals surface area contributed by atoms with Gasteiger partial charge in [0.2, 0.25) is 5.91 Å². The number of carbonyl (C=O) groups excluding carboxylic acids is 1.